The predicted molar refractivity (Wildman–Crippen MR) is 49.2 cm³/mol. The van der Waals surface area contributed by atoms with Gasteiger partial charge in [-0.1, -0.05) is 12.1 Å². The third-order valence-corrected chi connectivity index (χ3v) is 1.66. The molecule has 0 atom stereocenters. The van der Waals surface area contributed by atoms with Crippen LogP contribution in [0.1, 0.15) is 5.56 Å². The molecule has 2 amide bonds. The number of urea groups is 1. The number of alkyl halides is 1. The van der Waals surface area contributed by atoms with E-state index in [-0.39, 0.29) is 0 Å². The maximum atomic E-state index is 10.4. The van der Waals surface area contributed by atoms with Crippen LogP contribution in [0.2, 0.25) is 0 Å². The Balaban J connectivity index is 2.79. The lowest BCUT2D eigenvalue weighted by Gasteiger charge is -2.02. The molecule has 0 aliphatic rings. The first-order chi connectivity index (χ1) is 5.72. The van der Waals surface area contributed by atoms with E-state index in [2.05, 4.69) is 5.32 Å². The summed E-state index contributed by atoms with van der Waals surface area (Å²) in [4.78, 5) is 10.4. The number of anilines is 1. The minimum Gasteiger partial charge on any atom is -0.351 e. The van der Waals surface area contributed by atoms with Gasteiger partial charge in [-0.25, -0.2) is 4.79 Å². The summed E-state index contributed by atoms with van der Waals surface area (Å²) in [5.41, 5.74) is 6.55. The van der Waals surface area contributed by atoms with Crippen LogP contribution in [0.4, 0.5) is 10.5 Å². The fraction of sp³-hybridized carbons (Fsp3) is 0.125. The van der Waals surface area contributed by atoms with Crippen molar-refractivity contribution in [2.45, 2.75) is 5.88 Å². The quantitative estimate of drug-likeness (QED) is 0.678. The number of amides is 2. The summed E-state index contributed by atoms with van der Waals surface area (Å²) in [5.74, 6) is 0.425. The lowest BCUT2D eigenvalue weighted by atomic mass is 10.2. The lowest BCUT2D eigenvalue weighted by Crippen LogP contribution is -2.19. The van der Waals surface area contributed by atoms with Gasteiger partial charge in [0.15, 0.2) is 0 Å². The second-order valence-electron chi connectivity index (χ2n) is 2.32. The highest BCUT2D eigenvalue weighted by molar-refractivity contribution is 6.17. The Morgan fingerprint density at radius 1 is 1.58 bits per heavy atom. The molecule has 0 aliphatic heterocycles. The molecule has 0 spiro atoms. The van der Waals surface area contributed by atoms with Crippen molar-refractivity contribution < 1.29 is 4.79 Å². The second-order valence-corrected chi connectivity index (χ2v) is 2.59. The number of primary amides is 1. The summed E-state index contributed by atoms with van der Waals surface area (Å²) in [7, 11) is 0. The molecule has 12 heavy (non-hydrogen) atoms. The van der Waals surface area contributed by atoms with Crippen LogP contribution in [-0.2, 0) is 5.88 Å². The molecule has 0 saturated carbocycles. The molecular weight excluding hydrogens is 176 g/mol. The first kappa shape index (κ1) is 8.87. The largest absolute Gasteiger partial charge is 0.351 e. The van der Waals surface area contributed by atoms with Crippen LogP contribution >= 0.6 is 11.6 Å². The van der Waals surface area contributed by atoms with E-state index in [1.54, 1.807) is 12.1 Å². The van der Waals surface area contributed by atoms with E-state index in [1.807, 2.05) is 12.1 Å². The summed E-state index contributed by atoms with van der Waals surface area (Å²) in [6.45, 7) is 0. The molecule has 0 bridgehead atoms. The van der Waals surface area contributed by atoms with Crippen molar-refractivity contribution >= 4 is 23.3 Å². The van der Waals surface area contributed by atoms with E-state index in [0.29, 0.717) is 11.6 Å². The van der Waals surface area contributed by atoms with Crippen molar-refractivity contribution in [3.8, 4) is 0 Å². The molecule has 3 N–H and O–H groups in total. The van der Waals surface area contributed by atoms with Gasteiger partial charge in [-0.05, 0) is 17.7 Å². The molecule has 0 aromatic heterocycles. The molecule has 3 nitrogen and oxygen atoms in total. The summed E-state index contributed by atoms with van der Waals surface area (Å²) in [6, 6.07) is 6.64. The first-order valence-electron chi connectivity index (χ1n) is 3.43. The van der Waals surface area contributed by atoms with Crippen LogP contribution in [0.25, 0.3) is 0 Å². The number of carbonyl (C=O) groups excluding carboxylic acids is 1. The highest BCUT2D eigenvalue weighted by Crippen LogP contribution is 2.11. The molecule has 0 radical (unpaired) electrons. The Morgan fingerprint density at radius 3 is 2.92 bits per heavy atom. The molecule has 1 aromatic rings. The molecular formula is C8H9ClN2O. The Hall–Kier alpha value is -1.22. The van der Waals surface area contributed by atoms with Crippen molar-refractivity contribution in [2.75, 3.05) is 5.32 Å². The molecule has 1 aromatic carbocycles. The highest BCUT2D eigenvalue weighted by Gasteiger charge is 1.96. The molecule has 0 fully saturated rings. The summed E-state index contributed by atoms with van der Waals surface area (Å²) in [5, 5.41) is 2.46. The van der Waals surface area contributed by atoms with Gasteiger partial charge in [-0.3, -0.25) is 0 Å². The molecule has 1 rings (SSSR count). The van der Waals surface area contributed by atoms with Crippen molar-refractivity contribution in [3.05, 3.63) is 29.8 Å². The van der Waals surface area contributed by atoms with Crippen LogP contribution in [0.5, 0.6) is 0 Å². The van der Waals surface area contributed by atoms with Gasteiger partial charge in [0.25, 0.3) is 0 Å². The minimum atomic E-state index is -0.568. The molecule has 0 heterocycles. The van der Waals surface area contributed by atoms with Crippen LogP contribution < -0.4 is 11.1 Å². The summed E-state index contributed by atoms with van der Waals surface area (Å²) < 4.78 is 0. The smallest absolute Gasteiger partial charge is 0.316 e. The Labute approximate surface area is 75.5 Å². The number of nitrogens with two attached hydrogens (primary N) is 1. The molecule has 0 unspecified atom stereocenters. The molecule has 0 aliphatic carbocycles. The standard InChI is InChI=1S/C8H9ClN2O/c9-5-6-2-1-3-7(4-6)11-8(10)12/h1-4H,5H2,(H3,10,11,12). The van der Waals surface area contributed by atoms with Gasteiger partial charge in [0.1, 0.15) is 0 Å². The van der Waals surface area contributed by atoms with E-state index in [1.165, 1.54) is 0 Å². The minimum absolute atomic E-state index is 0.425. The van der Waals surface area contributed by atoms with Crippen molar-refractivity contribution in [1.82, 2.24) is 0 Å². The van der Waals surface area contributed by atoms with Crippen molar-refractivity contribution in [3.63, 3.8) is 0 Å². The van der Waals surface area contributed by atoms with Crippen LogP contribution in [-0.4, -0.2) is 6.03 Å². The number of rotatable bonds is 2. The SMILES string of the molecule is NC(=O)Nc1cccc(CCl)c1. The zero-order valence-electron chi connectivity index (χ0n) is 6.38. The zero-order valence-corrected chi connectivity index (χ0v) is 7.14. The van der Waals surface area contributed by atoms with Crippen LogP contribution in [0.3, 0.4) is 0 Å². The van der Waals surface area contributed by atoms with E-state index < -0.39 is 6.03 Å². The third-order valence-electron chi connectivity index (χ3n) is 1.35. The van der Waals surface area contributed by atoms with E-state index in [9.17, 15) is 4.79 Å². The number of nitrogens with one attached hydrogen (secondary N) is 1. The average Bonchev–Trinajstić information content (AvgIpc) is 2.03. The van der Waals surface area contributed by atoms with Gasteiger partial charge < -0.3 is 11.1 Å². The van der Waals surface area contributed by atoms with Gasteiger partial charge in [0, 0.05) is 11.6 Å². The van der Waals surface area contributed by atoms with E-state index in [0.717, 1.165) is 5.56 Å². The first-order valence-corrected chi connectivity index (χ1v) is 3.97. The van der Waals surface area contributed by atoms with Gasteiger partial charge in [0.05, 0.1) is 0 Å². The van der Waals surface area contributed by atoms with Crippen molar-refractivity contribution in [2.24, 2.45) is 5.73 Å². The third kappa shape index (κ3) is 2.43. The number of hydrogen-bond acceptors (Lipinski definition) is 1. The highest BCUT2D eigenvalue weighted by atomic mass is 35.5. The van der Waals surface area contributed by atoms with Gasteiger partial charge in [-0.2, -0.15) is 0 Å². The number of hydrogen-bond donors (Lipinski definition) is 2. The maximum Gasteiger partial charge on any atom is 0.316 e. The van der Waals surface area contributed by atoms with E-state index >= 15 is 0 Å². The lowest BCUT2D eigenvalue weighted by molar-refractivity contribution is 0.259. The van der Waals surface area contributed by atoms with Crippen molar-refractivity contribution in [1.29, 1.82) is 0 Å². The Bertz CT molecular complexity index is 288. The van der Waals surface area contributed by atoms with Crippen LogP contribution in [0.15, 0.2) is 24.3 Å². The fourth-order valence-corrected chi connectivity index (χ4v) is 1.04. The molecule has 4 heteroatoms. The maximum absolute atomic E-state index is 10.4. The zero-order chi connectivity index (χ0) is 8.97. The number of benzene rings is 1. The summed E-state index contributed by atoms with van der Waals surface area (Å²) in [6.07, 6.45) is 0. The summed E-state index contributed by atoms with van der Waals surface area (Å²) >= 11 is 5.59. The number of halogens is 1. The topological polar surface area (TPSA) is 55.1 Å². The van der Waals surface area contributed by atoms with Crippen LogP contribution in [0, 0.1) is 0 Å². The monoisotopic (exact) mass is 184 g/mol. The second kappa shape index (κ2) is 3.97. The van der Waals surface area contributed by atoms with Gasteiger partial charge in [-0.15, -0.1) is 11.6 Å². The Morgan fingerprint density at radius 2 is 2.33 bits per heavy atom. The Kier molecular flexibility index (Phi) is 2.94. The number of carbonyl (C=O) groups is 1. The normalized spacial score (nSPS) is 9.42. The van der Waals surface area contributed by atoms with Gasteiger partial charge in [0.2, 0.25) is 0 Å². The molecule has 0 saturated heterocycles. The van der Waals surface area contributed by atoms with E-state index in [4.69, 9.17) is 17.3 Å². The fourth-order valence-electron chi connectivity index (χ4n) is 0.874. The van der Waals surface area contributed by atoms with Gasteiger partial charge >= 0.3 is 6.03 Å². The average molecular weight is 185 g/mol. The molecule has 64 valence electrons. The predicted octanol–water partition coefficient (Wildman–Crippen LogP) is 1.92.